The molecular weight excluding hydrogens is 550 g/mol. The number of aromatic nitrogens is 2. The molecule has 2 N–H and O–H groups in total. The summed E-state index contributed by atoms with van der Waals surface area (Å²) >= 11 is 0. The van der Waals surface area contributed by atoms with Gasteiger partial charge in [-0.25, -0.2) is 14.3 Å². The van der Waals surface area contributed by atoms with E-state index < -0.39 is 42.5 Å². The monoisotopic (exact) mass is 587 g/mol. The van der Waals surface area contributed by atoms with Crippen LogP contribution in [0.1, 0.15) is 48.3 Å². The number of carbonyl (C=O) groups excluding carboxylic acids is 4. The smallest absolute Gasteiger partial charge is 0.409 e. The van der Waals surface area contributed by atoms with Gasteiger partial charge >= 0.3 is 18.0 Å². The zero-order valence-corrected chi connectivity index (χ0v) is 24.3. The molecule has 0 bridgehead atoms. The summed E-state index contributed by atoms with van der Waals surface area (Å²) in [7, 11) is 0. The fourth-order valence-electron chi connectivity index (χ4n) is 4.47. The van der Waals surface area contributed by atoms with Crippen LogP contribution in [0.5, 0.6) is 5.88 Å². The largest absolute Gasteiger partial charge is 0.481 e. The van der Waals surface area contributed by atoms with E-state index in [1.807, 2.05) is 32.0 Å². The van der Waals surface area contributed by atoms with Gasteiger partial charge in [0.1, 0.15) is 6.04 Å². The van der Waals surface area contributed by atoms with Crippen LogP contribution in [0.15, 0.2) is 24.3 Å². The molecule has 42 heavy (non-hydrogen) atoms. The van der Waals surface area contributed by atoms with Gasteiger partial charge in [-0.1, -0.05) is 6.07 Å². The molecule has 1 fully saturated rings. The summed E-state index contributed by atoms with van der Waals surface area (Å²) in [5.41, 5.74) is 2.35. The van der Waals surface area contributed by atoms with Crippen LogP contribution in [0.3, 0.4) is 0 Å². The Morgan fingerprint density at radius 1 is 0.929 bits per heavy atom. The van der Waals surface area contributed by atoms with Gasteiger partial charge in [0.2, 0.25) is 11.8 Å². The topological polar surface area (TPSA) is 170 Å². The van der Waals surface area contributed by atoms with Crippen LogP contribution in [0.25, 0.3) is 5.69 Å². The minimum Gasteiger partial charge on any atom is -0.481 e. The molecule has 1 aliphatic rings. The molecular formula is C28H37N5O9. The number of aliphatic carboxylic acids is 1. The first-order valence-corrected chi connectivity index (χ1v) is 13.7. The number of aryl methyl sites for hydroxylation is 2. The third kappa shape index (κ3) is 8.69. The van der Waals surface area contributed by atoms with Gasteiger partial charge in [-0.15, -0.1) is 0 Å². The van der Waals surface area contributed by atoms with E-state index in [1.165, 1.54) is 20.5 Å². The van der Waals surface area contributed by atoms with E-state index in [-0.39, 0.29) is 63.8 Å². The Morgan fingerprint density at radius 2 is 1.55 bits per heavy atom. The first-order valence-electron chi connectivity index (χ1n) is 13.7. The lowest BCUT2D eigenvalue weighted by atomic mass is 10.1. The first-order chi connectivity index (χ1) is 20.0. The van der Waals surface area contributed by atoms with Gasteiger partial charge in [-0.2, -0.15) is 5.10 Å². The molecule has 1 saturated heterocycles. The van der Waals surface area contributed by atoms with Crippen LogP contribution in [-0.4, -0.2) is 107 Å². The maximum absolute atomic E-state index is 13.4. The highest BCUT2D eigenvalue weighted by molar-refractivity contribution is 5.96. The van der Waals surface area contributed by atoms with Crippen molar-refractivity contribution in [2.45, 2.75) is 46.6 Å². The fourth-order valence-corrected chi connectivity index (χ4v) is 4.47. The van der Waals surface area contributed by atoms with Gasteiger partial charge in [0.05, 0.1) is 18.9 Å². The van der Waals surface area contributed by atoms with Crippen molar-refractivity contribution in [2.24, 2.45) is 0 Å². The van der Waals surface area contributed by atoms with Gasteiger partial charge in [0.25, 0.3) is 5.91 Å². The van der Waals surface area contributed by atoms with E-state index in [9.17, 15) is 29.1 Å². The first kappa shape index (κ1) is 31.9. The number of amides is 3. The lowest BCUT2D eigenvalue weighted by Gasteiger charge is -2.35. The van der Waals surface area contributed by atoms with Crippen molar-refractivity contribution >= 4 is 29.8 Å². The highest BCUT2D eigenvalue weighted by atomic mass is 16.6. The predicted molar refractivity (Wildman–Crippen MR) is 148 cm³/mol. The van der Waals surface area contributed by atoms with Crippen LogP contribution in [-0.2, 0) is 23.9 Å². The Hall–Kier alpha value is -4.62. The van der Waals surface area contributed by atoms with Crippen LogP contribution in [0, 0.1) is 13.8 Å². The molecule has 1 atom stereocenters. The molecule has 3 rings (SSSR count). The molecule has 228 valence electrons. The predicted octanol–water partition coefficient (Wildman–Crippen LogP) is 1.69. The molecule has 1 aromatic carbocycles. The van der Waals surface area contributed by atoms with Gasteiger partial charge < -0.3 is 34.4 Å². The number of nitrogens with zero attached hydrogens (tertiary/aromatic N) is 4. The summed E-state index contributed by atoms with van der Waals surface area (Å²) in [4.78, 5) is 64.9. The second kappa shape index (κ2) is 14.8. The van der Waals surface area contributed by atoms with Gasteiger partial charge in [-0.05, 0) is 57.4 Å². The molecule has 1 aliphatic heterocycles. The summed E-state index contributed by atoms with van der Waals surface area (Å²) in [6.45, 7) is 8.05. The van der Waals surface area contributed by atoms with Crippen molar-refractivity contribution in [1.82, 2.24) is 24.9 Å². The Balaban J connectivity index is 1.82. The molecule has 3 amide bonds. The Labute approximate surface area is 243 Å². The van der Waals surface area contributed by atoms with Crippen molar-refractivity contribution in [2.75, 3.05) is 46.0 Å². The second-order valence-electron chi connectivity index (χ2n) is 9.69. The maximum Gasteiger partial charge on any atom is 0.409 e. The summed E-state index contributed by atoms with van der Waals surface area (Å²) in [6, 6.07) is 5.80. The number of rotatable bonds is 12. The van der Waals surface area contributed by atoms with Crippen molar-refractivity contribution in [3.8, 4) is 11.6 Å². The molecule has 14 nitrogen and oxygen atoms in total. The number of carboxylic acids is 1. The zero-order valence-electron chi connectivity index (χ0n) is 24.3. The third-order valence-corrected chi connectivity index (χ3v) is 6.37. The highest BCUT2D eigenvalue weighted by Crippen LogP contribution is 2.22. The molecule has 2 heterocycles. The normalized spacial score (nSPS) is 13.7. The number of esters is 1. The van der Waals surface area contributed by atoms with Crippen LogP contribution < -0.4 is 10.1 Å². The molecule has 0 radical (unpaired) electrons. The van der Waals surface area contributed by atoms with E-state index in [2.05, 4.69) is 10.4 Å². The lowest BCUT2D eigenvalue weighted by molar-refractivity contribution is -0.145. The summed E-state index contributed by atoms with van der Waals surface area (Å²) in [6.07, 6.45) is -0.979. The van der Waals surface area contributed by atoms with Crippen molar-refractivity contribution in [3.05, 3.63) is 41.1 Å². The molecule has 0 spiro atoms. The fraction of sp³-hybridized carbons (Fsp3) is 0.500. The van der Waals surface area contributed by atoms with Crippen molar-refractivity contribution in [1.29, 1.82) is 0 Å². The Bertz CT molecular complexity index is 1280. The van der Waals surface area contributed by atoms with Crippen LogP contribution in [0.2, 0.25) is 0 Å². The molecule has 0 unspecified atom stereocenters. The number of hydrogen-bond acceptors (Lipinski definition) is 9. The van der Waals surface area contributed by atoms with Gasteiger partial charge in [0.15, 0.2) is 12.3 Å². The average Bonchev–Trinajstić information content (AvgIpc) is 3.38. The molecule has 0 saturated carbocycles. The van der Waals surface area contributed by atoms with E-state index in [4.69, 9.17) is 14.2 Å². The molecule has 2 aromatic rings. The zero-order chi connectivity index (χ0) is 30.8. The minimum absolute atomic E-state index is 0.0988. The van der Waals surface area contributed by atoms with Gasteiger partial charge in [0, 0.05) is 38.7 Å². The number of carbonyl (C=O) groups is 5. The summed E-state index contributed by atoms with van der Waals surface area (Å²) in [5, 5.41) is 16.2. The quantitative estimate of drug-likeness (QED) is 0.349. The van der Waals surface area contributed by atoms with Crippen molar-refractivity contribution < 1.29 is 43.3 Å². The number of hydrogen-bond donors (Lipinski definition) is 2. The highest BCUT2D eigenvalue weighted by Gasteiger charge is 2.31. The average molecular weight is 588 g/mol. The van der Waals surface area contributed by atoms with E-state index in [1.54, 1.807) is 13.8 Å². The van der Waals surface area contributed by atoms with Gasteiger partial charge in [-0.3, -0.25) is 14.4 Å². The lowest BCUT2D eigenvalue weighted by Crippen LogP contribution is -2.56. The van der Waals surface area contributed by atoms with E-state index >= 15 is 0 Å². The standard InChI is InChI=1S/C28H37N5O9/c1-5-40-25(36)17-42-23-16-22(30-33(23)20-14-18(3)13-19(4)15-20)26(37)29-21(7-8-24(34)35)27(38)31-9-11-32(12-10-31)28(39)41-6-2/h13-16,21H,5-12,17H2,1-4H3,(H,29,37)(H,34,35)/t21-/m0/s1. The third-order valence-electron chi connectivity index (χ3n) is 6.37. The van der Waals surface area contributed by atoms with Crippen LogP contribution >= 0.6 is 0 Å². The molecule has 14 heteroatoms. The summed E-state index contributed by atoms with van der Waals surface area (Å²) < 4.78 is 16.9. The maximum atomic E-state index is 13.4. The number of nitrogens with one attached hydrogen (secondary N) is 1. The minimum atomic E-state index is -1.15. The number of benzene rings is 1. The van der Waals surface area contributed by atoms with E-state index in [0.29, 0.717) is 5.69 Å². The Kier molecular flexibility index (Phi) is 11.3. The Morgan fingerprint density at radius 3 is 2.14 bits per heavy atom. The molecule has 1 aromatic heterocycles. The molecule has 0 aliphatic carbocycles. The number of ether oxygens (including phenoxy) is 3. The second-order valence-corrected chi connectivity index (χ2v) is 9.69. The van der Waals surface area contributed by atoms with Crippen LogP contribution in [0.4, 0.5) is 4.79 Å². The number of piperazine rings is 1. The van der Waals surface area contributed by atoms with E-state index in [0.717, 1.165) is 11.1 Å². The SMILES string of the molecule is CCOC(=O)COc1cc(C(=O)N[C@@H](CCC(=O)O)C(=O)N2CCN(C(=O)OCC)CC2)nn1-c1cc(C)cc(C)c1. The number of carboxylic acid groups (broad SMARTS) is 1. The van der Waals surface area contributed by atoms with Crippen molar-refractivity contribution in [3.63, 3.8) is 0 Å². The summed E-state index contributed by atoms with van der Waals surface area (Å²) in [5.74, 6) is -2.82.